The van der Waals surface area contributed by atoms with Crippen molar-refractivity contribution in [3.05, 3.63) is 23.2 Å². The third-order valence-electron chi connectivity index (χ3n) is 3.84. The van der Waals surface area contributed by atoms with Crippen LogP contribution in [0.15, 0.2) is 18.2 Å². The first kappa shape index (κ1) is 15.1. The van der Waals surface area contributed by atoms with E-state index in [9.17, 15) is 9.59 Å². The molecule has 0 N–H and O–H groups in total. The predicted octanol–water partition coefficient (Wildman–Crippen LogP) is 1.31. The molecule has 1 atom stereocenters. The fourth-order valence-electron chi connectivity index (χ4n) is 2.68. The summed E-state index contributed by atoms with van der Waals surface area (Å²) in [5.74, 6) is 0.410. The molecule has 1 saturated heterocycles. The molecule has 7 heteroatoms. The zero-order chi connectivity index (χ0) is 15.7. The third kappa shape index (κ3) is 2.89. The van der Waals surface area contributed by atoms with E-state index in [0.717, 1.165) is 0 Å². The maximum atomic E-state index is 12.8. The number of amides is 2. The Bertz CT molecular complexity index is 607. The molecule has 0 bridgehead atoms. The lowest BCUT2D eigenvalue weighted by molar-refractivity contribution is -0.144. The Hall–Kier alpha value is -1.79. The minimum Gasteiger partial charge on any atom is -0.490 e. The fraction of sp³-hybridized carbons (Fsp3) is 0.467. The van der Waals surface area contributed by atoms with Gasteiger partial charge in [0.25, 0.3) is 5.91 Å². The number of morpholine rings is 1. The van der Waals surface area contributed by atoms with E-state index >= 15 is 0 Å². The Labute approximate surface area is 133 Å². The number of carbonyl (C=O) groups excluding carboxylic acids is 2. The zero-order valence-electron chi connectivity index (χ0n) is 12.3. The first-order valence-corrected chi connectivity index (χ1v) is 7.55. The van der Waals surface area contributed by atoms with E-state index in [0.29, 0.717) is 42.8 Å². The van der Waals surface area contributed by atoms with Crippen molar-refractivity contribution >= 4 is 29.1 Å². The number of carbonyl (C=O) groups is 2. The number of hydrogen-bond acceptors (Lipinski definition) is 4. The van der Waals surface area contributed by atoms with Crippen molar-refractivity contribution in [2.24, 2.45) is 0 Å². The SMILES string of the molecule is CC(=O)N1CCOC(C(=O)N2CCOc3ccc(Cl)cc32)C1. The maximum absolute atomic E-state index is 12.8. The van der Waals surface area contributed by atoms with Crippen LogP contribution in [0.5, 0.6) is 5.75 Å². The summed E-state index contributed by atoms with van der Waals surface area (Å²) in [5, 5.41) is 0.539. The minimum absolute atomic E-state index is 0.0495. The molecule has 0 aliphatic carbocycles. The van der Waals surface area contributed by atoms with Gasteiger partial charge in [0.2, 0.25) is 5.91 Å². The van der Waals surface area contributed by atoms with Gasteiger partial charge in [0.15, 0.2) is 6.10 Å². The quantitative estimate of drug-likeness (QED) is 0.781. The van der Waals surface area contributed by atoms with E-state index < -0.39 is 6.10 Å². The summed E-state index contributed by atoms with van der Waals surface area (Å²) < 4.78 is 11.1. The topological polar surface area (TPSA) is 59.1 Å². The number of rotatable bonds is 1. The summed E-state index contributed by atoms with van der Waals surface area (Å²) in [5.41, 5.74) is 0.646. The highest BCUT2D eigenvalue weighted by Gasteiger charge is 2.34. The zero-order valence-corrected chi connectivity index (χ0v) is 13.0. The van der Waals surface area contributed by atoms with Crippen LogP contribution in [-0.4, -0.2) is 55.7 Å². The molecule has 2 aliphatic heterocycles. The molecule has 0 saturated carbocycles. The van der Waals surface area contributed by atoms with E-state index in [1.807, 2.05) is 0 Å². The summed E-state index contributed by atoms with van der Waals surface area (Å²) in [7, 11) is 0. The third-order valence-corrected chi connectivity index (χ3v) is 4.07. The normalized spacial score (nSPS) is 21.1. The molecule has 3 rings (SSSR count). The largest absolute Gasteiger partial charge is 0.490 e. The Morgan fingerprint density at radius 1 is 1.27 bits per heavy atom. The van der Waals surface area contributed by atoms with E-state index in [-0.39, 0.29) is 18.4 Å². The van der Waals surface area contributed by atoms with Crippen molar-refractivity contribution in [1.29, 1.82) is 0 Å². The average Bonchev–Trinajstić information content (AvgIpc) is 2.53. The van der Waals surface area contributed by atoms with Crippen LogP contribution in [0, 0.1) is 0 Å². The van der Waals surface area contributed by atoms with Gasteiger partial charge in [0, 0.05) is 18.5 Å². The summed E-state index contributed by atoms with van der Waals surface area (Å²) in [6, 6.07) is 5.18. The highest BCUT2D eigenvalue weighted by molar-refractivity contribution is 6.31. The van der Waals surface area contributed by atoms with Gasteiger partial charge in [-0.15, -0.1) is 0 Å². The van der Waals surface area contributed by atoms with E-state index in [2.05, 4.69) is 0 Å². The Balaban J connectivity index is 1.81. The van der Waals surface area contributed by atoms with Crippen molar-refractivity contribution < 1.29 is 19.1 Å². The van der Waals surface area contributed by atoms with Gasteiger partial charge in [-0.2, -0.15) is 0 Å². The first-order chi connectivity index (χ1) is 10.6. The van der Waals surface area contributed by atoms with Gasteiger partial charge in [-0.3, -0.25) is 9.59 Å². The van der Waals surface area contributed by atoms with Crippen molar-refractivity contribution in [1.82, 2.24) is 4.90 Å². The molecule has 1 unspecified atom stereocenters. The minimum atomic E-state index is -0.650. The lowest BCUT2D eigenvalue weighted by atomic mass is 10.2. The number of benzene rings is 1. The molecular formula is C15H17ClN2O4. The molecule has 118 valence electrons. The van der Waals surface area contributed by atoms with Gasteiger partial charge in [-0.1, -0.05) is 11.6 Å². The molecule has 0 aromatic heterocycles. The number of fused-ring (bicyclic) bond motifs is 1. The van der Waals surface area contributed by atoms with Gasteiger partial charge in [0.05, 0.1) is 25.4 Å². The van der Waals surface area contributed by atoms with E-state index in [1.165, 1.54) is 6.92 Å². The molecule has 2 aliphatic rings. The molecule has 0 spiro atoms. The van der Waals surface area contributed by atoms with E-state index in [4.69, 9.17) is 21.1 Å². The lowest BCUT2D eigenvalue weighted by Gasteiger charge is -2.36. The standard InChI is InChI=1S/C15H17ClN2O4/c1-10(19)17-4-6-22-14(9-17)15(20)18-5-7-21-13-3-2-11(16)8-12(13)18/h2-3,8,14H,4-7,9H2,1H3. The lowest BCUT2D eigenvalue weighted by Crippen LogP contribution is -2.53. The second kappa shape index (κ2) is 6.14. The highest BCUT2D eigenvalue weighted by atomic mass is 35.5. The highest BCUT2D eigenvalue weighted by Crippen LogP contribution is 2.34. The molecule has 2 amide bonds. The summed E-state index contributed by atoms with van der Waals surface area (Å²) in [6.45, 7) is 3.51. The first-order valence-electron chi connectivity index (χ1n) is 7.17. The van der Waals surface area contributed by atoms with E-state index in [1.54, 1.807) is 28.0 Å². The van der Waals surface area contributed by atoms with Gasteiger partial charge in [0.1, 0.15) is 12.4 Å². The fourth-order valence-corrected chi connectivity index (χ4v) is 2.84. The maximum Gasteiger partial charge on any atom is 0.258 e. The molecule has 1 aromatic carbocycles. The second-order valence-corrected chi connectivity index (χ2v) is 5.71. The Kier molecular flexibility index (Phi) is 4.22. The molecule has 2 heterocycles. The number of anilines is 1. The van der Waals surface area contributed by atoms with Crippen LogP contribution >= 0.6 is 11.6 Å². The summed E-state index contributed by atoms with van der Waals surface area (Å²) in [6.07, 6.45) is -0.650. The summed E-state index contributed by atoms with van der Waals surface area (Å²) >= 11 is 6.02. The van der Waals surface area contributed by atoms with Gasteiger partial charge in [-0.25, -0.2) is 0 Å². The number of hydrogen-bond donors (Lipinski definition) is 0. The summed E-state index contributed by atoms with van der Waals surface area (Å²) in [4.78, 5) is 27.5. The molecule has 0 radical (unpaired) electrons. The van der Waals surface area contributed by atoms with Crippen LogP contribution in [0.3, 0.4) is 0 Å². The number of nitrogens with zero attached hydrogens (tertiary/aromatic N) is 2. The van der Waals surface area contributed by atoms with Crippen molar-refractivity contribution in [2.75, 3.05) is 37.7 Å². The molecule has 1 fully saturated rings. The Morgan fingerprint density at radius 2 is 2.09 bits per heavy atom. The Morgan fingerprint density at radius 3 is 2.86 bits per heavy atom. The van der Waals surface area contributed by atoms with Crippen LogP contribution < -0.4 is 9.64 Å². The van der Waals surface area contributed by atoms with Crippen LogP contribution in [0.25, 0.3) is 0 Å². The molecule has 6 nitrogen and oxygen atoms in total. The second-order valence-electron chi connectivity index (χ2n) is 5.27. The van der Waals surface area contributed by atoms with Crippen molar-refractivity contribution in [3.63, 3.8) is 0 Å². The van der Waals surface area contributed by atoms with Crippen LogP contribution in [0.4, 0.5) is 5.69 Å². The van der Waals surface area contributed by atoms with Gasteiger partial charge >= 0.3 is 0 Å². The van der Waals surface area contributed by atoms with Crippen molar-refractivity contribution in [2.45, 2.75) is 13.0 Å². The van der Waals surface area contributed by atoms with Crippen LogP contribution in [-0.2, 0) is 14.3 Å². The van der Waals surface area contributed by atoms with Gasteiger partial charge in [-0.05, 0) is 18.2 Å². The number of halogens is 1. The molecular weight excluding hydrogens is 308 g/mol. The monoisotopic (exact) mass is 324 g/mol. The van der Waals surface area contributed by atoms with Crippen LogP contribution in [0.1, 0.15) is 6.92 Å². The predicted molar refractivity (Wildman–Crippen MR) is 81.3 cm³/mol. The number of ether oxygens (including phenoxy) is 2. The molecule has 22 heavy (non-hydrogen) atoms. The van der Waals surface area contributed by atoms with Gasteiger partial charge < -0.3 is 19.3 Å². The smallest absolute Gasteiger partial charge is 0.258 e. The van der Waals surface area contributed by atoms with Crippen molar-refractivity contribution in [3.8, 4) is 5.75 Å². The average molecular weight is 325 g/mol. The molecule has 1 aromatic rings. The van der Waals surface area contributed by atoms with Crippen LogP contribution in [0.2, 0.25) is 5.02 Å².